The first-order chi connectivity index (χ1) is 19.3. The Bertz CT molecular complexity index is 1530. The van der Waals surface area contributed by atoms with Crippen molar-refractivity contribution < 1.29 is 28.9 Å². The summed E-state index contributed by atoms with van der Waals surface area (Å²) < 4.78 is 3.87. The number of thioether (sulfide) groups is 1. The Balaban J connectivity index is 1.36. The molecule has 7 N–H and O–H groups in total. The van der Waals surface area contributed by atoms with Gasteiger partial charge < -0.3 is 32.0 Å². The molecule has 2 atom stereocenters. The van der Waals surface area contributed by atoms with Crippen molar-refractivity contribution in [2.75, 3.05) is 36.5 Å². The number of carboxylic acid groups (broad SMARTS) is 1. The standard InChI is InChI=1S/C24H27N9O5S2/c1-2-38-30-17(14-12-40-24(26)28-14)20(34)29-18-21(35)33-19(23(36)37)13(11-39-22(18)33)10-31-8-9-32-15(27-7-6-25)4-3-5-16(31)32/h3-5,8-9,12,18,22H,2,6-7,10-11,25H2,1H3,(H4,26,28,29,34,36,37)/p+1/t18-,22-/m0/s1. The smallest absolute Gasteiger partial charge is 0.352 e. The van der Waals surface area contributed by atoms with E-state index in [9.17, 15) is 19.5 Å². The van der Waals surface area contributed by atoms with Crippen LogP contribution in [0.1, 0.15) is 12.6 Å². The van der Waals surface area contributed by atoms with Crippen LogP contribution in [0.4, 0.5) is 10.9 Å². The first-order valence-electron chi connectivity index (χ1n) is 12.4. The minimum Gasteiger partial charge on any atom is -0.477 e. The van der Waals surface area contributed by atoms with E-state index in [1.807, 2.05) is 39.6 Å². The van der Waals surface area contributed by atoms with Crippen molar-refractivity contribution in [3.05, 3.63) is 52.9 Å². The number of imidazole rings is 1. The number of fused-ring (bicyclic) bond motifs is 2. The van der Waals surface area contributed by atoms with Gasteiger partial charge in [-0.2, -0.15) is 4.40 Å². The molecule has 2 aliphatic heterocycles. The summed E-state index contributed by atoms with van der Waals surface area (Å²) in [6.07, 6.45) is 3.74. The molecule has 3 aromatic heterocycles. The fraction of sp³-hybridized carbons (Fsp3) is 0.333. The molecular weight excluding hydrogens is 558 g/mol. The molecule has 0 aromatic carbocycles. The predicted molar refractivity (Wildman–Crippen MR) is 150 cm³/mol. The number of hydrogen-bond acceptors (Lipinski definition) is 11. The maximum absolute atomic E-state index is 13.2. The molecule has 40 heavy (non-hydrogen) atoms. The van der Waals surface area contributed by atoms with Gasteiger partial charge in [-0.1, -0.05) is 5.16 Å². The number of nitrogens with zero attached hydrogens (tertiary/aromatic N) is 5. The van der Waals surface area contributed by atoms with Gasteiger partial charge >= 0.3 is 5.97 Å². The number of nitrogens with one attached hydrogen (secondary N) is 2. The molecule has 14 nitrogen and oxygen atoms in total. The zero-order chi connectivity index (χ0) is 28.4. The summed E-state index contributed by atoms with van der Waals surface area (Å²) >= 11 is 2.52. The van der Waals surface area contributed by atoms with Gasteiger partial charge in [-0.25, -0.2) is 14.3 Å². The van der Waals surface area contributed by atoms with Crippen LogP contribution in [0.15, 0.2) is 52.4 Å². The molecule has 3 aromatic rings. The van der Waals surface area contributed by atoms with Crippen molar-refractivity contribution >= 4 is 63.2 Å². The fourth-order valence-electron chi connectivity index (χ4n) is 4.55. The molecule has 1 saturated heterocycles. The number of rotatable bonds is 11. The highest BCUT2D eigenvalue weighted by molar-refractivity contribution is 8.00. The summed E-state index contributed by atoms with van der Waals surface area (Å²) in [5.74, 6) is -1.17. The third-order valence-electron chi connectivity index (χ3n) is 6.31. The summed E-state index contributed by atoms with van der Waals surface area (Å²) in [4.78, 5) is 49.0. The van der Waals surface area contributed by atoms with Gasteiger partial charge in [-0.15, -0.1) is 23.1 Å². The van der Waals surface area contributed by atoms with E-state index < -0.39 is 29.2 Å². The molecule has 0 saturated carbocycles. The maximum Gasteiger partial charge on any atom is 0.352 e. The van der Waals surface area contributed by atoms with Gasteiger partial charge in [0.25, 0.3) is 17.5 Å². The van der Waals surface area contributed by atoms with Crippen molar-refractivity contribution in [1.82, 2.24) is 19.6 Å². The van der Waals surface area contributed by atoms with Crippen LogP contribution in [-0.4, -0.2) is 79.8 Å². The first-order valence-corrected chi connectivity index (χ1v) is 14.3. The van der Waals surface area contributed by atoms with Crippen molar-refractivity contribution in [2.24, 2.45) is 10.9 Å². The molecule has 5 heterocycles. The average molecular weight is 587 g/mol. The molecule has 5 rings (SSSR count). The molecule has 0 aliphatic carbocycles. The van der Waals surface area contributed by atoms with Gasteiger partial charge in [0, 0.05) is 41.9 Å². The average Bonchev–Trinajstić information content (AvgIpc) is 3.56. The zero-order valence-electron chi connectivity index (χ0n) is 21.4. The van der Waals surface area contributed by atoms with Crippen LogP contribution in [0.5, 0.6) is 0 Å². The number of anilines is 2. The summed E-state index contributed by atoms with van der Waals surface area (Å²) in [6.45, 7) is 3.30. The number of nitrogen functional groups attached to an aromatic ring is 1. The minimum atomic E-state index is -1.20. The number of nitrogens with two attached hydrogens (primary N) is 2. The van der Waals surface area contributed by atoms with Crippen LogP contribution >= 0.6 is 23.1 Å². The number of carbonyl (C=O) groups excluding carboxylic acids is 2. The highest BCUT2D eigenvalue weighted by Gasteiger charge is 2.54. The molecule has 210 valence electrons. The number of thiazole rings is 1. The number of aromatic nitrogens is 3. The van der Waals surface area contributed by atoms with E-state index in [0.717, 1.165) is 22.8 Å². The van der Waals surface area contributed by atoms with Crippen LogP contribution in [-0.2, 0) is 25.8 Å². The number of hydrogen-bond donors (Lipinski definition) is 5. The lowest BCUT2D eigenvalue weighted by atomic mass is 10.0. The van der Waals surface area contributed by atoms with Crippen LogP contribution in [0.3, 0.4) is 0 Å². The number of oxime groups is 1. The number of β-lactam (4-membered cyclic amide) rings is 1. The topological polar surface area (TPSA) is 194 Å². The predicted octanol–water partition coefficient (Wildman–Crippen LogP) is -0.184. The van der Waals surface area contributed by atoms with Crippen LogP contribution in [0.25, 0.3) is 5.65 Å². The van der Waals surface area contributed by atoms with Crippen LogP contribution in [0, 0.1) is 0 Å². The van der Waals surface area contributed by atoms with E-state index in [-0.39, 0.29) is 35.4 Å². The molecule has 0 radical (unpaired) electrons. The quantitative estimate of drug-likeness (QED) is 0.0870. The Labute approximate surface area is 236 Å². The SMILES string of the molecule is CCON=C(C(=O)N[C@H]1C(=O)N2C(C(=O)O)=C(C[n+]3ccn4c(NCCN)cccc43)CS[C@@H]12)c1csc(N)n1. The highest BCUT2D eigenvalue weighted by atomic mass is 32.2. The van der Waals surface area contributed by atoms with E-state index in [4.69, 9.17) is 16.3 Å². The lowest BCUT2D eigenvalue weighted by Crippen LogP contribution is -2.71. The molecular formula is C24H28N9O5S2+. The van der Waals surface area contributed by atoms with Gasteiger partial charge in [0.05, 0.1) is 0 Å². The molecule has 2 amide bonds. The monoisotopic (exact) mass is 586 g/mol. The summed E-state index contributed by atoms with van der Waals surface area (Å²) in [7, 11) is 0. The Morgan fingerprint density at radius 2 is 2.20 bits per heavy atom. The number of aliphatic carboxylic acids is 1. The Hall–Kier alpha value is -4.15. The lowest BCUT2D eigenvalue weighted by molar-refractivity contribution is -0.662. The largest absolute Gasteiger partial charge is 0.477 e. The Kier molecular flexibility index (Phi) is 7.90. The van der Waals surface area contributed by atoms with E-state index in [1.54, 1.807) is 12.3 Å². The normalized spacial score (nSPS) is 18.9. The van der Waals surface area contributed by atoms with E-state index in [2.05, 4.69) is 20.8 Å². The Morgan fingerprint density at radius 3 is 2.90 bits per heavy atom. The highest BCUT2D eigenvalue weighted by Crippen LogP contribution is 2.40. The third-order valence-corrected chi connectivity index (χ3v) is 8.32. The van der Waals surface area contributed by atoms with E-state index in [1.165, 1.54) is 16.7 Å². The van der Waals surface area contributed by atoms with E-state index in [0.29, 0.717) is 24.4 Å². The summed E-state index contributed by atoms with van der Waals surface area (Å²) in [5.41, 5.74) is 12.8. The number of amides is 2. The molecule has 0 spiro atoms. The number of carbonyl (C=O) groups is 3. The number of carboxylic acids is 1. The van der Waals surface area contributed by atoms with E-state index >= 15 is 0 Å². The molecule has 1 fully saturated rings. The first kappa shape index (κ1) is 27.4. The second-order valence-electron chi connectivity index (χ2n) is 8.83. The van der Waals surface area contributed by atoms with Gasteiger partial charge in [-0.05, 0) is 13.0 Å². The second-order valence-corrected chi connectivity index (χ2v) is 10.8. The van der Waals surface area contributed by atoms with Gasteiger partial charge in [0.15, 0.2) is 16.7 Å². The minimum absolute atomic E-state index is 0.0704. The zero-order valence-corrected chi connectivity index (χ0v) is 23.1. The van der Waals surface area contributed by atoms with Gasteiger partial charge in [-0.3, -0.25) is 14.5 Å². The number of pyridine rings is 1. The van der Waals surface area contributed by atoms with Crippen molar-refractivity contribution in [3.63, 3.8) is 0 Å². The molecule has 0 unspecified atom stereocenters. The molecule has 0 bridgehead atoms. The van der Waals surface area contributed by atoms with Crippen molar-refractivity contribution in [1.29, 1.82) is 0 Å². The maximum atomic E-state index is 13.2. The fourth-order valence-corrected chi connectivity index (χ4v) is 6.43. The van der Waals surface area contributed by atoms with Crippen LogP contribution in [0.2, 0.25) is 0 Å². The van der Waals surface area contributed by atoms with Gasteiger partial charge in [0.2, 0.25) is 0 Å². The lowest BCUT2D eigenvalue weighted by Gasteiger charge is -2.49. The van der Waals surface area contributed by atoms with Crippen molar-refractivity contribution in [2.45, 2.75) is 24.9 Å². The summed E-state index contributed by atoms with van der Waals surface area (Å²) in [5, 5.41) is 21.1. The molecule has 2 aliphatic rings. The molecule has 16 heteroatoms. The van der Waals surface area contributed by atoms with Crippen molar-refractivity contribution in [3.8, 4) is 0 Å². The van der Waals surface area contributed by atoms with Gasteiger partial charge in [0.1, 0.15) is 48.4 Å². The second kappa shape index (κ2) is 11.5. The third kappa shape index (κ3) is 5.07. The Morgan fingerprint density at radius 1 is 1.38 bits per heavy atom. The van der Waals surface area contributed by atoms with Crippen LogP contribution < -0.4 is 26.7 Å². The summed E-state index contributed by atoms with van der Waals surface area (Å²) in [6, 6.07) is 4.82.